The molecule has 7 heterocycles. The maximum Gasteiger partial charge on any atom is 0.472 e. The van der Waals surface area contributed by atoms with Gasteiger partial charge in [-0.1, -0.05) is 0 Å². The Morgan fingerprint density at radius 3 is 2.42 bits per heavy atom. The van der Waals surface area contributed by atoms with Crippen LogP contribution in [0.5, 0.6) is 0 Å². The average molecular weight is 695 g/mol. The number of carbonyl (C=O) groups is 2. The summed E-state index contributed by atoms with van der Waals surface area (Å²) in [6, 6.07) is -2.35. The van der Waals surface area contributed by atoms with Crippen molar-refractivity contribution in [1.82, 2.24) is 15.1 Å². The van der Waals surface area contributed by atoms with Gasteiger partial charge in [-0.3, -0.25) is 53.7 Å². The van der Waals surface area contributed by atoms with Crippen molar-refractivity contribution in [2.75, 3.05) is 13.2 Å². The van der Waals surface area contributed by atoms with Crippen LogP contribution >= 0.6 is 14.5 Å². The molecule has 0 saturated carbocycles. The molecule has 0 aliphatic carbocycles. The van der Waals surface area contributed by atoms with Crippen LogP contribution in [0.1, 0.15) is 0 Å². The number of phosphoric acid groups is 1. The molecule has 45 heavy (non-hydrogen) atoms. The first-order chi connectivity index (χ1) is 21.3. The minimum Gasteiger partial charge on any atom is -0.346 e. The molecule has 4 unspecified atom stereocenters. The lowest BCUT2D eigenvalue weighted by atomic mass is 10.1. The average Bonchev–Trinajstić information content (AvgIpc) is 3.72. The van der Waals surface area contributed by atoms with E-state index in [9.17, 15) is 23.9 Å². The van der Waals surface area contributed by atoms with Crippen LogP contribution < -0.4 is 5.32 Å². The van der Waals surface area contributed by atoms with E-state index >= 15 is 8.78 Å². The summed E-state index contributed by atoms with van der Waals surface area (Å²) in [6.45, 7) is -6.09. The van der Waals surface area contributed by atoms with Crippen LogP contribution in [0.15, 0.2) is 25.0 Å². The normalized spacial score (nSPS) is 46.1. The minimum atomic E-state index is -5.21. The SMILES string of the molecule is N=C1N=C2C(N=CN2[C@@H]2O[C@@H]3COP(O)(=S)O[C@H]4[C@H](F)[C@H](N5C=NC6C(=O)N=CN=C65)O[C@@H]4COP(=O)(O)O[C@@H]2[C@@H]3F)C(=O)N1. The van der Waals surface area contributed by atoms with E-state index in [-0.39, 0.29) is 11.7 Å². The van der Waals surface area contributed by atoms with Crippen molar-refractivity contribution >= 4 is 74.8 Å². The second kappa shape index (κ2) is 11.2. The molecule has 7 aliphatic rings. The number of phosphoric ester groups is 1. The maximum atomic E-state index is 15.9. The van der Waals surface area contributed by atoms with E-state index in [4.69, 9.17) is 44.8 Å². The van der Waals surface area contributed by atoms with Crippen LogP contribution in [0.4, 0.5) is 8.78 Å². The van der Waals surface area contributed by atoms with Gasteiger partial charge in [0.05, 0.1) is 25.9 Å². The Morgan fingerprint density at radius 1 is 0.956 bits per heavy atom. The van der Waals surface area contributed by atoms with Gasteiger partial charge in [-0.25, -0.2) is 18.3 Å². The van der Waals surface area contributed by atoms with Crippen LogP contribution in [0.2, 0.25) is 0 Å². The zero-order valence-corrected chi connectivity index (χ0v) is 24.8. The number of amidine groups is 2. The Kier molecular flexibility index (Phi) is 7.64. The smallest absolute Gasteiger partial charge is 0.346 e. The van der Waals surface area contributed by atoms with Gasteiger partial charge in [-0.2, -0.15) is 9.98 Å². The molecule has 7 rings (SSSR count). The van der Waals surface area contributed by atoms with Gasteiger partial charge in [0.15, 0.2) is 42.7 Å². The predicted molar refractivity (Wildman–Crippen MR) is 148 cm³/mol. The molecular weight excluding hydrogens is 674 g/mol. The number of amides is 2. The molecule has 12 atom stereocenters. The van der Waals surface area contributed by atoms with E-state index in [1.807, 2.05) is 0 Å². The summed E-state index contributed by atoms with van der Waals surface area (Å²) < 4.78 is 77.2. The highest BCUT2D eigenvalue weighted by Gasteiger charge is 2.57. The van der Waals surface area contributed by atoms with E-state index in [1.165, 1.54) is 0 Å². The topological polar surface area (TPSA) is 251 Å². The minimum absolute atomic E-state index is 0.00940. The fraction of sp³-hybridized carbons (Fsp3) is 0.600. The fourth-order valence-corrected chi connectivity index (χ4v) is 7.77. The summed E-state index contributed by atoms with van der Waals surface area (Å²) in [7, 11) is -5.21. The van der Waals surface area contributed by atoms with Crippen molar-refractivity contribution in [2.45, 2.75) is 61.3 Å². The lowest BCUT2D eigenvalue weighted by Crippen LogP contribution is -2.53. The number of rotatable bonds is 2. The molecule has 3 saturated heterocycles. The standard InChI is InChI=1S/C20H21F2N9O11P2S/c21-8-6-1-38-44(36,45)42-12-7(40-18(9(12)22)30-4-26-10-14(30)24-3-25-16(10)32)2-37-43(34,35)41-13(8)19(39-6)31-5-27-11-15(31)28-20(23)29-17(11)33/h3-13,18-19H,1-2H2,(H,34,35)(H,36,45)(H2,23,29,33)/t6-,7-,8-,9+,10?,11?,12-,13-,18-,19-,44?/m1/s1. The van der Waals surface area contributed by atoms with Crippen LogP contribution in [0.3, 0.4) is 0 Å². The van der Waals surface area contributed by atoms with Crippen molar-refractivity contribution in [1.29, 1.82) is 5.41 Å². The molecule has 3 fully saturated rings. The Labute approximate surface area is 255 Å². The predicted octanol–water partition coefficient (Wildman–Crippen LogP) is -1.90. The molecule has 242 valence electrons. The highest BCUT2D eigenvalue weighted by Crippen LogP contribution is 2.53. The second-order valence-electron chi connectivity index (χ2n) is 10.2. The number of ether oxygens (including phenoxy) is 2. The van der Waals surface area contributed by atoms with Gasteiger partial charge in [0, 0.05) is 0 Å². The van der Waals surface area contributed by atoms with E-state index in [0.717, 1.165) is 28.8 Å². The first-order valence-electron chi connectivity index (χ1n) is 13.0. The highest BCUT2D eigenvalue weighted by molar-refractivity contribution is 8.07. The van der Waals surface area contributed by atoms with Crippen LogP contribution in [-0.2, 0) is 53.5 Å². The van der Waals surface area contributed by atoms with Crippen LogP contribution in [0, 0.1) is 5.41 Å². The van der Waals surface area contributed by atoms with Gasteiger partial charge in [-0.15, -0.1) is 0 Å². The number of halogens is 2. The lowest BCUT2D eigenvalue weighted by molar-refractivity contribution is -0.120. The molecule has 25 heteroatoms. The van der Waals surface area contributed by atoms with E-state index < -0.39 is 107 Å². The van der Waals surface area contributed by atoms with Crippen molar-refractivity contribution in [3.63, 3.8) is 0 Å². The van der Waals surface area contributed by atoms with Gasteiger partial charge >= 0.3 is 14.5 Å². The first kappa shape index (κ1) is 30.8. The molecule has 0 aromatic heterocycles. The Bertz CT molecular complexity index is 1600. The zero-order chi connectivity index (χ0) is 31.8. The van der Waals surface area contributed by atoms with Crippen molar-refractivity contribution in [2.24, 2.45) is 25.0 Å². The number of hydrogen-bond donors (Lipinski definition) is 4. The third-order valence-corrected chi connectivity index (χ3v) is 9.96. The Hall–Kier alpha value is -2.82. The van der Waals surface area contributed by atoms with E-state index in [1.54, 1.807) is 0 Å². The van der Waals surface area contributed by atoms with Crippen molar-refractivity contribution < 1.29 is 60.3 Å². The number of aliphatic imine (C=N–C) groups is 5. The number of nitrogens with zero attached hydrogens (tertiary/aromatic N) is 7. The molecule has 7 aliphatic heterocycles. The van der Waals surface area contributed by atoms with Gasteiger partial charge in [-0.05, 0) is 11.8 Å². The Morgan fingerprint density at radius 2 is 1.64 bits per heavy atom. The summed E-state index contributed by atoms with van der Waals surface area (Å²) in [4.78, 5) is 67.3. The number of nitrogens with one attached hydrogen (secondary N) is 2. The monoisotopic (exact) mass is 695 g/mol. The molecule has 0 aromatic rings. The third-order valence-electron chi connectivity index (χ3n) is 7.42. The lowest BCUT2D eigenvalue weighted by Gasteiger charge is -2.31. The molecular formula is C20H21F2N9O11P2S. The number of hydrogen-bond acceptors (Lipinski definition) is 16. The second-order valence-corrected chi connectivity index (χ2v) is 14.4. The van der Waals surface area contributed by atoms with E-state index in [0.29, 0.717) is 0 Å². The van der Waals surface area contributed by atoms with Gasteiger partial charge in [0.1, 0.15) is 36.6 Å². The molecule has 0 radical (unpaired) electrons. The quantitative estimate of drug-likeness (QED) is 0.231. The third kappa shape index (κ3) is 5.50. The summed E-state index contributed by atoms with van der Waals surface area (Å²) >= 11 is 5.06. The molecule has 4 N–H and O–H groups in total. The molecule has 20 nitrogen and oxygen atoms in total. The number of carbonyl (C=O) groups excluding carboxylic acids is 2. The molecule has 2 amide bonds. The van der Waals surface area contributed by atoms with Crippen molar-refractivity contribution in [3.05, 3.63) is 0 Å². The van der Waals surface area contributed by atoms with E-state index in [2.05, 4.69) is 30.3 Å². The van der Waals surface area contributed by atoms with Crippen molar-refractivity contribution in [3.8, 4) is 0 Å². The Balaban J connectivity index is 1.15. The van der Waals surface area contributed by atoms with Crippen LogP contribution in [0.25, 0.3) is 0 Å². The first-order valence-corrected chi connectivity index (χ1v) is 17.1. The summed E-state index contributed by atoms with van der Waals surface area (Å²) in [5.41, 5.74) is 0. The van der Waals surface area contributed by atoms with Crippen LogP contribution in [-0.4, -0.2) is 143 Å². The molecule has 2 bridgehead atoms. The number of alkyl halides is 2. The van der Waals surface area contributed by atoms with Gasteiger partial charge < -0.3 is 23.8 Å². The maximum absolute atomic E-state index is 15.9. The molecule has 0 spiro atoms. The summed E-state index contributed by atoms with van der Waals surface area (Å²) in [6.07, 6.45) is -11.3. The van der Waals surface area contributed by atoms with Gasteiger partial charge in [0.25, 0.3) is 11.8 Å². The van der Waals surface area contributed by atoms with Gasteiger partial charge in [0.2, 0.25) is 5.96 Å². The summed E-state index contributed by atoms with van der Waals surface area (Å²) in [5.74, 6) is -2.04. The number of fused-ring (bicyclic) bond motifs is 5. The largest absolute Gasteiger partial charge is 0.472 e. The highest BCUT2D eigenvalue weighted by atomic mass is 32.5. The fourth-order valence-electron chi connectivity index (χ4n) is 5.41. The molecule has 0 aromatic carbocycles. The summed E-state index contributed by atoms with van der Waals surface area (Å²) in [5, 5.41) is 9.89. The zero-order valence-electron chi connectivity index (χ0n) is 22.2. The number of guanidine groups is 1.